The first-order chi connectivity index (χ1) is 10.1. The lowest BCUT2D eigenvalue weighted by Gasteiger charge is -2.12. The molecule has 2 rings (SSSR count). The summed E-state index contributed by atoms with van der Waals surface area (Å²) in [5.41, 5.74) is 2.92. The Hall–Kier alpha value is -1.04. The molecule has 0 bridgehead atoms. The van der Waals surface area contributed by atoms with E-state index in [2.05, 4.69) is 49.3 Å². The summed E-state index contributed by atoms with van der Waals surface area (Å²) in [7, 11) is 0. The Balaban J connectivity index is 2.07. The summed E-state index contributed by atoms with van der Waals surface area (Å²) in [5, 5.41) is 12.8. The molecule has 0 aliphatic heterocycles. The Morgan fingerprint density at radius 3 is 2.57 bits per heavy atom. The summed E-state index contributed by atoms with van der Waals surface area (Å²) >= 11 is 6.96. The highest BCUT2D eigenvalue weighted by atomic mass is 79.9. The lowest BCUT2D eigenvalue weighted by molar-refractivity contribution is 0.267. The Kier molecular flexibility index (Phi) is 6.08. The molecule has 0 aliphatic carbocycles. The molecule has 0 unspecified atom stereocenters. The van der Waals surface area contributed by atoms with Gasteiger partial charge in [-0.15, -0.1) is 0 Å². The van der Waals surface area contributed by atoms with E-state index in [0.717, 1.165) is 25.9 Å². The fourth-order valence-electron chi connectivity index (χ4n) is 1.96. The highest BCUT2D eigenvalue weighted by Gasteiger charge is 2.04. The van der Waals surface area contributed by atoms with Gasteiger partial charge in [0.05, 0.1) is 13.2 Å². The van der Waals surface area contributed by atoms with Crippen LogP contribution in [-0.2, 0) is 13.2 Å². The van der Waals surface area contributed by atoms with Crippen molar-refractivity contribution >= 4 is 37.5 Å². The summed E-state index contributed by atoms with van der Waals surface area (Å²) < 4.78 is 7.54. The SMILES string of the molecule is CCOc1ccc(NCc2ccc(Br)c(Br)c2)cc1CO. The molecule has 21 heavy (non-hydrogen) atoms. The molecule has 2 aromatic carbocycles. The maximum absolute atomic E-state index is 9.40. The predicted octanol–water partition coefficient (Wildman–Crippen LogP) is 4.71. The maximum atomic E-state index is 9.40. The third-order valence-electron chi connectivity index (χ3n) is 3.01. The Morgan fingerprint density at radius 1 is 1.10 bits per heavy atom. The fourth-order valence-corrected chi connectivity index (χ4v) is 2.64. The first-order valence-electron chi connectivity index (χ1n) is 6.68. The van der Waals surface area contributed by atoms with Gasteiger partial charge in [-0.1, -0.05) is 6.07 Å². The molecule has 0 amide bonds. The molecule has 0 atom stereocenters. The van der Waals surface area contributed by atoms with Gasteiger partial charge in [0.2, 0.25) is 0 Å². The molecule has 0 saturated heterocycles. The topological polar surface area (TPSA) is 41.5 Å². The molecule has 3 nitrogen and oxygen atoms in total. The smallest absolute Gasteiger partial charge is 0.124 e. The van der Waals surface area contributed by atoms with Gasteiger partial charge in [0, 0.05) is 26.7 Å². The molecule has 0 spiro atoms. The van der Waals surface area contributed by atoms with Crippen molar-refractivity contribution in [3.8, 4) is 5.75 Å². The van der Waals surface area contributed by atoms with Crippen LogP contribution in [0.5, 0.6) is 5.75 Å². The summed E-state index contributed by atoms with van der Waals surface area (Å²) in [6, 6.07) is 11.9. The van der Waals surface area contributed by atoms with Gasteiger partial charge >= 0.3 is 0 Å². The van der Waals surface area contributed by atoms with Crippen LogP contribution in [-0.4, -0.2) is 11.7 Å². The zero-order chi connectivity index (χ0) is 15.2. The van der Waals surface area contributed by atoms with Crippen LogP contribution in [0, 0.1) is 0 Å². The van der Waals surface area contributed by atoms with Crippen molar-refractivity contribution in [3.05, 3.63) is 56.5 Å². The minimum Gasteiger partial charge on any atom is -0.494 e. The number of hydrogen-bond donors (Lipinski definition) is 2. The third kappa shape index (κ3) is 4.46. The lowest BCUT2D eigenvalue weighted by atomic mass is 10.1. The van der Waals surface area contributed by atoms with Crippen molar-refractivity contribution in [3.63, 3.8) is 0 Å². The molecule has 112 valence electrons. The highest BCUT2D eigenvalue weighted by molar-refractivity contribution is 9.13. The minimum absolute atomic E-state index is 0.0331. The Labute approximate surface area is 141 Å². The second kappa shape index (κ2) is 7.82. The predicted molar refractivity (Wildman–Crippen MR) is 92.7 cm³/mol. The van der Waals surface area contributed by atoms with Crippen molar-refractivity contribution in [2.45, 2.75) is 20.1 Å². The Bertz CT molecular complexity index is 617. The second-order valence-electron chi connectivity index (χ2n) is 4.52. The van der Waals surface area contributed by atoms with E-state index < -0.39 is 0 Å². The van der Waals surface area contributed by atoms with Gasteiger partial charge in [-0.3, -0.25) is 0 Å². The molecular weight excluding hydrogens is 398 g/mol. The van der Waals surface area contributed by atoms with Crippen LogP contribution in [0.1, 0.15) is 18.1 Å². The van der Waals surface area contributed by atoms with E-state index in [-0.39, 0.29) is 6.61 Å². The number of hydrogen-bond acceptors (Lipinski definition) is 3. The second-order valence-corrected chi connectivity index (χ2v) is 6.22. The number of aliphatic hydroxyl groups is 1. The van der Waals surface area contributed by atoms with Gasteiger partial charge < -0.3 is 15.2 Å². The fraction of sp³-hybridized carbons (Fsp3) is 0.250. The van der Waals surface area contributed by atoms with E-state index in [1.54, 1.807) is 0 Å². The standard InChI is InChI=1S/C16H17Br2NO2/c1-2-21-16-6-4-13(8-12(16)10-20)19-9-11-3-5-14(17)15(18)7-11/h3-8,19-20H,2,9-10H2,1H3. The monoisotopic (exact) mass is 413 g/mol. The quantitative estimate of drug-likeness (QED) is 0.718. The molecular formula is C16H17Br2NO2. The van der Waals surface area contributed by atoms with E-state index in [9.17, 15) is 5.11 Å². The number of halogens is 2. The maximum Gasteiger partial charge on any atom is 0.124 e. The molecule has 5 heteroatoms. The zero-order valence-electron chi connectivity index (χ0n) is 11.7. The number of rotatable bonds is 6. The Morgan fingerprint density at radius 2 is 1.90 bits per heavy atom. The largest absolute Gasteiger partial charge is 0.494 e. The lowest BCUT2D eigenvalue weighted by Crippen LogP contribution is -2.02. The van der Waals surface area contributed by atoms with Gasteiger partial charge in [-0.25, -0.2) is 0 Å². The van der Waals surface area contributed by atoms with Crippen molar-refractivity contribution < 1.29 is 9.84 Å². The molecule has 0 aliphatic rings. The van der Waals surface area contributed by atoms with Crippen LogP contribution in [0.15, 0.2) is 45.3 Å². The zero-order valence-corrected chi connectivity index (χ0v) is 14.9. The van der Waals surface area contributed by atoms with Crippen molar-refractivity contribution in [2.24, 2.45) is 0 Å². The van der Waals surface area contributed by atoms with Crippen LogP contribution in [0.25, 0.3) is 0 Å². The van der Waals surface area contributed by atoms with Gasteiger partial charge in [0.1, 0.15) is 5.75 Å². The first kappa shape index (κ1) is 16.3. The van der Waals surface area contributed by atoms with Crippen LogP contribution >= 0.6 is 31.9 Å². The normalized spacial score (nSPS) is 10.5. The number of nitrogens with one attached hydrogen (secondary N) is 1. The van der Waals surface area contributed by atoms with Crippen LogP contribution in [0.3, 0.4) is 0 Å². The average Bonchev–Trinajstić information content (AvgIpc) is 2.49. The summed E-state index contributed by atoms with van der Waals surface area (Å²) in [6.07, 6.45) is 0. The molecule has 0 heterocycles. The number of anilines is 1. The van der Waals surface area contributed by atoms with Crippen molar-refractivity contribution in [1.29, 1.82) is 0 Å². The molecule has 0 fully saturated rings. The highest BCUT2D eigenvalue weighted by Crippen LogP contribution is 2.26. The molecule has 0 radical (unpaired) electrons. The minimum atomic E-state index is -0.0331. The van der Waals surface area contributed by atoms with E-state index in [4.69, 9.17) is 4.74 Å². The molecule has 0 aromatic heterocycles. The van der Waals surface area contributed by atoms with Gasteiger partial charge in [0.25, 0.3) is 0 Å². The third-order valence-corrected chi connectivity index (χ3v) is 4.89. The molecule has 2 N–H and O–H groups in total. The number of ether oxygens (including phenoxy) is 1. The summed E-state index contributed by atoms with van der Waals surface area (Å²) in [4.78, 5) is 0. The van der Waals surface area contributed by atoms with Crippen molar-refractivity contribution in [2.75, 3.05) is 11.9 Å². The first-order valence-corrected chi connectivity index (χ1v) is 8.27. The summed E-state index contributed by atoms with van der Waals surface area (Å²) in [5.74, 6) is 0.733. The molecule has 2 aromatic rings. The van der Waals surface area contributed by atoms with Crippen LogP contribution < -0.4 is 10.1 Å². The van der Waals surface area contributed by atoms with Crippen molar-refractivity contribution in [1.82, 2.24) is 0 Å². The number of aliphatic hydroxyl groups excluding tert-OH is 1. The van der Waals surface area contributed by atoms with E-state index >= 15 is 0 Å². The molecule has 0 saturated carbocycles. The van der Waals surface area contributed by atoms with E-state index in [0.29, 0.717) is 13.2 Å². The number of benzene rings is 2. The van der Waals surface area contributed by atoms with Crippen LogP contribution in [0.4, 0.5) is 5.69 Å². The van der Waals surface area contributed by atoms with E-state index in [1.807, 2.05) is 31.2 Å². The summed E-state index contributed by atoms with van der Waals surface area (Å²) in [6.45, 7) is 3.20. The van der Waals surface area contributed by atoms with E-state index in [1.165, 1.54) is 5.56 Å². The average molecular weight is 415 g/mol. The van der Waals surface area contributed by atoms with Gasteiger partial charge in [-0.2, -0.15) is 0 Å². The van der Waals surface area contributed by atoms with Gasteiger partial charge in [0.15, 0.2) is 0 Å². The van der Waals surface area contributed by atoms with Crippen LogP contribution in [0.2, 0.25) is 0 Å². The van der Waals surface area contributed by atoms with Gasteiger partial charge in [-0.05, 0) is 74.7 Å².